The van der Waals surface area contributed by atoms with Crippen molar-refractivity contribution in [2.45, 2.75) is 13.1 Å². The highest BCUT2D eigenvalue weighted by Gasteiger charge is 2.15. The highest BCUT2D eigenvalue weighted by Crippen LogP contribution is 2.25. The lowest BCUT2D eigenvalue weighted by molar-refractivity contribution is 0.790. The second-order valence-electron chi connectivity index (χ2n) is 5.90. The summed E-state index contributed by atoms with van der Waals surface area (Å²) >= 11 is 3.51. The zero-order valence-corrected chi connectivity index (χ0v) is 15.5. The molecule has 3 N–H and O–H groups in total. The summed E-state index contributed by atoms with van der Waals surface area (Å²) in [7, 11) is 0. The molecular weight excluding hydrogens is 392 g/mol. The smallest absolute Gasteiger partial charge is 0.227 e. The third-order valence-electron chi connectivity index (χ3n) is 4.05. The van der Waals surface area contributed by atoms with Gasteiger partial charge in [0, 0.05) is 6.54 Å². The number of imidazole rings is 1. The SMILES string of the molecule is Nc1nc(NCc2ccccc2)nc2c1nc(Br)n2Cc1ccccc1. The van der Waals surface area contributed by atoms with Crippen LogP contribution in [0.25, 0.3) is 11.2 Å². The van der Waals surface area contributed by atoms with Gasteiger partial charge in [0.2, 0.25) is 5.95 Å². The zero-order chi connectivity index (χ0) is 17.9. The molecule has 0 aliphatic carbocycles. The lowest BCUT2D eigenvalue weighted by Crippen LogP contribution is -2.08. The molecule has 0 unspecified atom stereocenters. The Morgan fingerprint density at radius 2 is 1.54 bits per heavy atom. The first-order valence-corrected chi connectivity index (χ1v) is 9.01. The van der Waals surface area contributed by atoms with Crippen molar-refractivity contribution in [1.82, 2.24) is 19.5 Å². The van der Waals surface area contributed by atoms with Crippen molar-refractivity contribution in [2.24, 2.45) is 0 Å². The predicted octanol–water partition coefficient (Wildman–Crippen LogP) is 3.83. The van der Waals surface area contributed by atoms with Gasteiger partial charge in [-0.3, -0.25) is 4.57 Å². The van der Waals surface area contributed by atoms with Crippen LogP contribution in [0.3, 0.4) is 0 Å². The minimum absolute atomic E-state index is 0.359. The number of aromatic nitrogens is 4. The summed E-state index contributed by atoms with van der Waals surface area (Å²) < 4.78 is 2.66. The fourth-order valence-corrected chi connectivity index (χ4v) is 3.23. The Balaban J connectivity index is 1.67. The van der Waals surface area contributed by atoms with Crippen molar-refractivity contribution in [3.05, 3.63) is 76.5 Å². The predicted molar refractivity (Wildman–Crippen MR) is 107 cm³/mol. The lowest BCUT2D eigenvalue weighted by Gasteiger charge is -2.08. The Labute approximate surface area is 159 Å². The average molecular weight is 409 g/mol. The Morgan fingerprint density at radius 3 is 2.23 bits per heavy atom. The number of benzene rings is 2. The molecule has 0 spiro atoms. The molecule has 0 aliphatic heterocycles. The summed E-state index contributed by atoms with van der Waals surface area (Å²) in [5.41, 5.74) is 9.71. The molecule has 0 amide bonds. The van der Waals surface area contributed by atoms with Crippen LogP contribution in [0.15, 0.2) is 65.4 Å². The first kappa shape index (κ1) is 16.5. The first-order valence-electron chi connectivity index (χ1n) is 8.21. The minimum Gasteiger partial charge on any atom is -0.382 e. The second kappa shape index (κ2) is 7.13. The van der Waals surface area contributed by atoms with Crippen LogP contribution in [0.5, 0.6) is 0 Å². The maximum absolute atomic E-state index is 6.11. The van der Waals surface area contributed by atoms with Gasteiger partial charge in [0.15, 0.2) is 21.7 Å². The molecule has 4 aromatic rings. The molecule has 4 rings (SSSR count). The molecule has 130 valence electrons. The van der Waals surface area contributed by atoms with Gasteiger partial charge in [0.25, 0.3) is 0 Å². The van der Waals surface area contributed by atoms with Gasteiger partial charge in [-0.25, -0.2) is 4.98 Å². The van der Waals surface area contributed by atoms with E-state index in [9.17, 15) is 0 Å². The van der Waals surface area contributed by atoms with Crippen molar-refractivity contribution in [3.8, 4) is 0 Å². The molecule has 26 heavy (non-hydrogen) atoms. The van der Waals surface area contributed by atoms with Crippen molar-refractivity contribution in [3.63, 3.8) is 0 Å². The van der Waals surface area contributed by atoms with Gasteiger partial charge in [0.1, 0.15) is 0 Å². The number of nitrogen functional groups attached to an aromatic ring is 1. The molecule has 0 bridgehead atoms. The maximum atomic E-state index is 6.11. The first-order chi connectivity index (χ1) is 12.7. The van der Waals surface area contributed by atoms with Gasteiger partial charge in [-0.15, -0.1) is 0 Å². The van der Waals surface area contributed by atoms with Crippen LogP contribution < -0.4 is 11.1 Å². The number of nitrogens with two attached hydrogens (primary N) is 1. The van der Waals surface area contributed by atoms with Gasteiger partial charge in [-0.2, -0.15) is 9.97 Å². The van der Waals surface area contributed by atoms with E-state index in [2.05, 4.69) is 48.3 Å². The fourth-order valence-electron chi connectivity index (χ4n) is 2.76. The molecule has 0 radical (unpaired) electrons. The van der Waals surface area contributed by atoms with Gasteiger partial charge in [0.05, 0.1) is 6.54 Å². The Kier molecular flexibility index (Phi) is 4.53. The number of nitrogens with zero attached hydrogens (tertiary/aromatic N) is 4. The topological polar surface area (TPSA) is 81.7 Å². The van der Waals surface area contributed by atoms with E-state index in [1.807, 2.05) is 53.1 Å². The van der Waals surface area contributed by atoms with Crippen LogP contribution >= 0.6 is 15.9 Å². The Hall–Kier alpha value is -2.93. The van der Waals surface area contributed by atoms with Crippen LogP contribution in [0.4, 0.5) is 11.8 Å². The van der Waals surface area contributed by atoms with Gasteiger partial charge >= 0.3 is 0 Å². The number of hydrogen-bond donors (Lipinski definition) is 2. The van der Waals surface area contributed by atoms with Gasteiger partial charge in [-0.05, 0) is 27.1 Å². The molecule has 2 aromatic heterocycles. The number of fused-ring (bicyclic) bond motifs is 1. The van der Waals surface area contributed by atoms with E-state index >= 15 is 0 Å². The summed E-state index contributed by atoms with van der Waals surface area (Å²) in [6.07, 6.45) is 0. The second-order valence-corrected chi connectivity index (χ2v) is 6.61. The number of anilines is 2. The van der Waals surface area contributed by atoms with E-state index in [0.717, 1.165) is 11.1 Å². The van der Waals surface area contributed by atoms with E-state index in [-0.39, 0.29) is 0 Å². The monoisotopic (exact) mass is 408 g/mol. The fraction of sp³-hybridized carbons (Fsp3) is 0.105. The minimum atomic E-state index is 0.359. The number of hydrogen-bond acceptors (Lipinski definition) is 5. The van der Waals surface area contributed by atoms with Crippen molar-refractivity contribution < 1.29 is 0 Å². The molecular formula is C19H17BrN6. The number of halogens is 1. The Bertz CT molecular complexity index is 1030. The summed E-state index contributed by atoms with van der Waals surface area (Å²) in [5.74, 6) is 0.846. The van der Waals surface area contributed by atoms with E-state index in [1.54, 1.807) is 0 Å². The molecule has 6 nitrogen and oxygen atoms in total. The molecule has 0 saturated carbocycles. The lowest BCUT2D eigenvalue weighted by atomic mass is 10.2. The van der Waals surface area contributed by atoms with Crippen LogP contribution in [0.2, 0.25) is 0 Å². The van der Waals surface area contributed by atoms with E-state index in [4.69, 9.17) is 5.73 Å². The molecule has 0 aliphatic rings. The summed E-state index contributed by atoms with van der Waals surface area (Å²) in [4.78, 5) is 13.4. The summed E-state index contributed by atoms with van der Waals surface area (Å²) in [5, 5.41) is 3.24. The van der Waals surface area contributed by atoms with E-state index < -0.39 is 0 Å². The van der Waals surface area contributed by atoms with Crippen LogP contribution in [0, 0.1) is 0 Å². The molecule has 0 atom stereocenters. The van der Waals surface area contributed by atoms with Gasteiger partial charge in [-0.1, -0.05) is 60.7 Å². The quantitative estimate of drug-likeness (QED) is 0.490. The van der Waals surface area contributed by atoms with Gasteiger partial charge < -0.3 is 11.1 Å². The normalized spacial score (nSPS) is 11.0. The van der Waals surface area contributed by atoms with Crippen molar-refractivity contribution >= 4 is 38.9 Å². The maximum Gasteiger partial charge on any atom is 0.227 e. The van der Waals surface area contributed by atoms with E-state index in [1.165, 1.54) is 0 Å². The zero-order valence-electron chi connectivity index (χ0n) is 13.9. The molecule has 0 fully saturated rings. The third-order valence-corrected chi connectivity index (χ3v) is 4.66. The van der Waals surface area contributed by atoms with E-state index in [0.29, 0.717) is 40.8 Å². The number of rotatable bonds is 5. The molecule has 7 heteroatoms. The highest BCUT2D eigenvalue weighted by molar-refractivity contribution is 9.10. The summed E-state index contributed by atoms with van der Waals surface area (Å²) in [6, 6.07) is 20.2. The molecule has 0 saturated heterocycles. The van der Waals surface area contributed by atoms with Crippen LogP contribution in [0.1, 0.15) is 11.1 Å². The third kappa shape index (κ3) is 3.39. The standard InChI is InChI=1S/C19H17BrN6/c20-18-23-15-16(21)24-19(22-11-13-7-3-1-4-8-13)25-17(15)26(18)12-14-9-5-2-6-10-14/h1-10H,11-12H2,(H3,21,22,24,25). The highest BCUT2D eigenvalue weighted by atomic mass is 79.9. The van der Waals surface area contributed by atoms with Crippen molar-refractivity contribution in [2.75, 3.05) is 11.1 Å². The summed E-state index contributed by atoms with van der Waals surface area (Å²) in [6.45, 7) is 1.27. The largest absolute Gasteiger partial charge is 0.382 e. The number of nitrogens with one attached hydrogen (secondary N) is 1. The molecule has 2 aromatic carbocycles. The van der Waals surface area contributed by atoms with Crippen molar-refractivity contribution in [1.29, 1.82) is 0 Å². The van der Waals surface area contributed by atoms with Crippen LogP contribution in [-0.2, 0) is 13.1 Å². The Morgan fingerprint density at radius 1 is 0.885 bits per heavy atom. The molecule has 2 heterocycles. The van der Waals surface area contributed by atoms with Crippen LogP contribution in [-0.4, -0.2) is 19.5 Å². The average Bonchev–Trinajstić information content (AvgIpc) is 2.98.